The van der Waals surface area contributed by atoms with Gasteiger partial charge in [0.05, 0.1) is 7.11 Å². The van der Waals surface area contributed by atoms with Crippen LogP contribution in [0.1, 0.15) is 0 Å². The molecule has 1 aliphatic carbocycles. The van der Waals surface area contributed by atoms with Crippen LogP contribution in [0.2, 0.25) is 0 Å². The van der Waals surface area contributed by atoms with Crippen LogP contribution in [0.4, 0.5) is 5.69 Å². The number of ether oxygens (including phenoxy) is 1. The molecule has 0 aliphatic heterocycles. The number of carbonyl (C=O) groups is 1. The molecule has 2 aromatic rings. The molecule has 1 heterocycles. The molecule has 0 saturated heterocycles. The monoisotopic (exact) mass is 443 g/mol. The number of benzene rings is 1. The van der Waals surface area contributed by atoms with E-state index in [4.69, 9.17) is 17.0 Å². The van der Waals surface area contributed by atoms with Gasteiger partial charge in [-0.3, -0.25) is 15.2 Å². The number of nitrogens with zero attached hydrogens (tertiary/aromatic N) is 1. The minimum absolute atomic E-state index is 0. The van der Waals surface area contributed by atoms with Gasteiger partial charge in [-0.15, -0.1) is 0 Å². The van der Waals surface area contributed by atoms with E-state index in [9.17, 15) is 4.79 Å². The molecule has 149 valence electrons. The van der Waals surface area contributed by atoms with Crippen LogP contribution in [0.3, 0.4) is 0 Å². The van der Waals surface area contributed by atoms with E-state index >= 15 is 0 Å². The summed E-state index contributed by atoms with van der Waals surface area (Å²) in [5.41, 5.74) is 6.91. The molecule has 0 bridgehead atoms. The number of methoxy groups -OCH3 is 1. The molecule has 1 radical (unpaired) electrons. The Labute approximate surface area is 180 Å². The number of para-hydroxylation sites is 1. The van der Waals surface area contributed by atoms with Crippen LogP contribution in [-0.2, 0) is 26.6 Å². The Morgan fingerprint density at radius 2 is 1.79 bits per heavy atom. The van der Waals surface area contributed by atoms with E-state index in [-0.39, 0.29) is 22.9 Å². The second kappa shape index (κ2) is 13.3. The van der Waals surface area contributed by atoms with Crippen molar-refractivity contribution in [3.8, 4) is 0 Å². The van der Waals surface area contributed by atoms with E-state index in [1.807, 2.05) is 48.5 Å². The predicted octanol–water partition coefficient (Wildman–Crippen LogP) is 3.11. The number of nitrogens with one attached hydrogen (secondary N) is 3. The maximum atomic E-state index is 11.9. The maximum absolute atomic E-state index is 11.9. The third kappa shape index (κ3) is 8.18. The number of rotatable bonds is 4. The van der Waals surface area contributed by atoms with Crippen LogP contribution >= 0.6 is 12.2 Å². The predicted molar refractivity (Wildman–Crippen MR) is 110 cm³/mol. The van der Waals surface area contributed by atoms with Crippen molar-refractivity contribution < 1.29 is 26.6 Å². The summed E-state index contributed by atoms with van der Waals surface area (Å²) in [6.07, 6.45) is 10.1. The first-order valence-corrected chi connectivity index (χ1v) is 8.51. The van der Waals surface area contributed by atoms with Crippen molar-refractivity contribution in [3.05, 3.63) is 96.7 Å². The number of carbonyl (C=O) groups excluding carboxylic acids is 1. The van der Waals surface area contributed by atoms with Gasteiger partial charge in [-0.1, -0.05) is 30.3 Å². The van der Waals surface area contributed by atoms with Gasteiger partial charge in [-0.25, -0.2) is 0 Å². The summed E-state index contributed by atoms with van der Waals surface area (Å²) >= 11 is 5.13. The van der Waals surface area contributed by atoms with Crippen molar-refractivity contribution in [3.63, 3.8) is 0 Å². The van der Waals surface area contributed by atoms with Crippen LogP contribution in [0.15, 0.2) is 96.7 Å². The Morgan fingerprint density at radius 3 is 2.36 bits per heavy atom. The largest absolute Gasteiger partial charge is 0.493 e. The molecule has 28 heavy (non-hydrogen) atoms. The van der Waals surface area contributed by atoms with Gasteiger partial charge in [0, 0.05) is 46.9 Å². The molecule has 8 heteroatoms. The van der Waals surface area contributed by atoms with E-state index in [1.54, 1.807) is 30.6 Å². The molecule has 0 saturated carbocycles. The number of anilines is 1. The number of hydrazine groups is 1. The molecule has 6 nitrogen and oxygen atoms in total. The third-order valence-electron chi connectivity index (χ3n) is 3.24. The number of aromatic nitrogens is 1. The summed E-state index contributed by atoms with van der Waals surface area (Å²) in [4.78, 5) is 15.7. The number of allylic oxidation sites excluding steroid dienone is 4. The number of pyridine rings is 1. The Balaban J connectivity index is 0.000000478. The summed E-state index contributed by atoms with van der Waals surface area (Å²) in [7, 11) is 1.46. The standard InChI is InChI=1S/C15H15N3O2S.C5H5N.Cu/c1-20-13-9-5-6-11(14(13)19)10-16-18-15(21)17-12-7-3-2-4-8-12;1-2-4-6-5-3-1;/h2-10,16H,1H3,(H2,17,18,21);1-5H;/b11-10-;;. The van der Waals surface area contributed by atoms with E-state index in [0.717, 1.165) is 5.69 Å². The van der Waals surface area contributed by atoms with E-state index in [2.05, 4.69) is 21.2 Å². The van der Waals surface area contributed by atoms with E-state index in [0.29, 0.717) is 16.4 Å². The zero-order chi connectivity index (χ0) is 19.3. The minimum Gasteiger partial charge on any atom is -0.493 e. The normalized spacial score (nSPS) is 13.2. The van der Waals surface area contributed by atoms with Crippen LogP contribution in [-0.4, -0.2) is 23.0 Å². The van der Waals surface area contributed by atoms with Crippen molar-refractivity contribution in [1.82, 2.24) is 15.8 Å². The maximum Gasteiger partial charge on any atom is 0.229 e. The minimum atomic E-state index is -0.184. The van der Waals surface area contributed by atoms with E-state index < -0.39 is 0 Å². The number of ketones is 1. The molecule has 3 N–H and O–H groups in total. The van der Waals surface area contributed by atoms with Gasteiger partial charge in [0.2, 0.25) is 5.78 Å². The van der Waals surface area contributed by atoms with Crippen molar-refractivity contribution in [2.75, 3.05) is 12.4 Å². The van der Waals surface area contributed by atoms with Gasteiger partial charge in [0.1, 0.15) is 0 Å². The molecule has 0 unspecified atom stereocenters. The third-order valence-corrected chi connectivity index (χ3v) is 3.44. The zero-order valence-electron chi connectivity index (χ0n) is 15.1. The summed E-state index contributed by atoms with van der Waals surface area (Å²) in [5, 5.41) is 3.40. The van der Waals surface area contributed by atoms with Crippen molar-refractivity contribution in [2.45, 2.75) is 0 Å². The summed E-state index contributed by atoms with van der Waals surface area (Å²) in [6.45, 7) is 0. The van der Waals surface area contributed by atoms with Gasteiger partial charge in [0.25, 0.3) is 0 Å². The van der Waals surface area contributed by atoms with Crippen molar-refractivity contribution in [2.24, 2.45) is 0 Å². The molecule has 1 aromatic heterocycles. The first kappa shape index (κ1) is 23.1. The quantitative estimate of drug-likeness (QED) is 0.290. The molecule has 0 fully saturated rings. The van der Waals surface area contributed by atoms with Crippen LogP contribution < -0.4 is 16.2 Å². The number of hydrogen-bond donors (Lipinski definition) is 3. The Morgan fingerprint density at radius 1 is 1.11 bits per heavy atom. The first-order chi connectivity index (χ1) is 13.2. The second-order valence-corrected chi connectivity index (χ2v) is 5.55. The van der Waals surface area contributed by atoms with Crippen LogP contribution in [0.25, 0.3) is 0 Å². The smallest absolute Gasteiger partial charge is 0.229 e. The molecule has 0 spiro atoms. The van der Waals surface area contributed by atoms with Gasteiger partial charge >= 0.3 is 0 Å². The summed E-state index contributed by atoms with van der Waals surface area (Å²) in [6, 6.07) is 15.2. The number of Topliss-reactive ketones (excluding diaryl/α,β-unsaturated/α-hetero) is 1. The van der Waals surface area contributed by atoms with E-state index in [1.165, 1.54) is 13.3 Å². The molecule has 3 rings (SSSR count). The topological polar surface area (TPSA) is 75.3 Å². The first-order valence-electron chi connectivity index (χ1n) is 8.10. The SMILES string of the molecule is COC1=CC=C/C(=C/NNC(=S)Nc2ccccc2)C1=O.[Cu].c1ccncc1. The molecular formula is C20H20CuN4O2S. The number of hydrogen-bond acceptors (Lipinski definition) is 5. The van der Waals surface area contributed by atoms with Gasteiger partial charge in [-0.05, 0) is 48.6 Å². The van der Waals surface area contributed by atoms with Crippen molar-refractivity contribution >= 4 is 28.8 Å². The molecule has 0 amide bonds. The Hall–Kier alpha value is -2.93. The van der Waals surface area contributed by atoms with Crippen molar-refractivity contribution in [1.29, 1.82) is 0 Å². The van der Waals surface area contributed by atoms with Crippen LogP contribution in [0.5, 0.6) is 0 Å². The molecule has 1 aromatic carbocycles. The second-order valence-electron chi connectivity index (χ2n) is 5.14. The Bertz CT molecular complexity index is 813. The fourth-order valence-electron chi connectivity index (χ4n) is 1.98. The zero-order valence-corrected chi connectivity index (χ0v) is 16.8. The fourth-order valence-corrected chi connectivity index (χ4v) is 2.16. The van der Waals surface area contributed by atoms with Crippen LogP contribution in [0, 0.1) is 0 Å². The molecular weight excluding hydrogens is 424 g/mol. The summed E-state index contributed by atoms with van der Waals surface area (Å²) in [5.74, 6) is 0.117. The average molecular weight is 444 g/mol. The van der Waals surface area contributed by atoms with Gasteiger partial charge in [-0.2, -0.15) is 0 Å². The number of thiocarbonyl (C=S) groups is 1. The fraction of sp³-hybridized carbons (Fsp3) is 0.0500. The van der Waals surface area contributed by atoms with Gasteiger partial charge < -0.3 is 15.5 Å². The summed E-state index contributed by atoms with van der Waals surface area (Å²) < 4.78 is 4.97. The molecule has 0 atom stereocenters. The van der Waals surface area contributed by atoms with Gasteiger partial charge in [0.15, 0.2) is 10.9 Å². The molecule has 1 aliphatic rings. The average Bonchev–Trinajstić information content (AvgIpc) is 2.72. The Kier molecular flexibility index (Phi) is 11.0.